The monoisotopic (exact) mass is 220 g/mol. The summed E-state index contributed by atoms with van der Waals surface area (Å²) in [4.78, 5) is 11.2. The van der Waals surface area contributed by atoms with Crippen molar-refractivity contribution in [3.8, 4) is 0 Å². The SMILES string of the molecule is C=C(C(=O)OC)C(O)c1cc(C)ccc1C. The summed E-state index contributed by atoms with van der Waals surface area (Å²) < 4.78 is 4.53. The molecule has 0 amide bonds. The number of esters is 1. The lowest BCUT2D eigenvalue weighted by Gasteiger charge is -2.15. The van der Waals surface area contributed by atoms with Gasteiger partial charge >= 0.3 is 5.97 Å². The lowest BCUT2D eigenvalue weighted by Crippen LogP contribution is -2.13. The fraction of sp³-hybridized carbons (Fsp3) is 0.308. The molecule has 1 rings (SSSR count). The number of aryl methyl sites for hydroxylation is 2. The number of carbonyl (C=O) groups is 1. The van der Waals surface area contributed by atoms with Crippen molar-refractivity contribution in [1.29, 1.82) is 0 Å². The number of carbonyl (C=O) groups excluding carboxylic acids is 1. The molecule has 1 aromatic rings. The maximum Gasteiger partial charge on any atom is 0.336 e. The first-order chi connectivity index (χ1) is 7.47. The Kier molecular flexibility index (Phi) is 3.85. The maximum atomic E-state index is 11.2. The second-order valence-electron chi connectivity index (χ2n) is 3.78. The van der Waals surface area contributed by atoms with Gasteiger partial charge in [-0.15, -0.1) is 0 Å². The van der Waals surface area contributed by atoms with Crippen LogP contribution in [-0.2, 0) is 9.53 Å². The van der Waals surface area contributed by atoms with Gasteiger partial charge in [-0.2, -0.15) is 0 Å². The van der Waals surface area contributed by atoms with Crippen LogP contribution in [0.3, 0.4) is 0 Å². The fourth-order valence-corrected chi connectivity index (χ4v) is 1.48. The summed E-state index contributed by atoms with van der Waals surface area (Å²) in [7, 11) is 1.27. The Morgan fingerprint density at radius 3 is 2.62 bits per heavy atom. The summed E-state index contributed by atoms with van der Waals surface area (Å²) in [5.74, 6) is -0.589. The predicted octanol–water partition coefficient (Wildman–Crippen LogP) is 2.07. The first kappa shape index (κ1) is 12.5. The standard InChI is InChI=1S/C13H16O3/c1-8-5-6-9(2)11(7-8)12(14)10(3)13(15)16-4/h5-7,12,14H,3H2,1-2,4H3. The number of rotatable bonds is 3. The molecule has 0 spiro atoms. The summed E-state index contributed by atoms with van der Waals surface area (Å²) in [6, 6.07) is 5.69. The highest BCUT2D eigenvalue weighted by molar-refractivity contribution is 5.89. The third-order valence-corrected chi connectivity index (χ3v) is 2.51. The molecule has 16 heavy (non-hydrogen) atoms. The van der Waals surface area contributed by atoms with Crippen LogP contribution in [-0.4, -0.2) is 18.2 Å². The smallest absolute Gasteiger partial charge is 0.336 e. The van der Waals surface area contributed by atoms with Gasteiger partial charge in [-0.1, -0.05) is 30.3 Å². The highest BCUT2D eigenvalue weighted by Crippen LogP contribution is 2.25. The van der Waals surface area contributed by atoms with Crippen LogP contribution < -0.4 is 0 Å². The van der Waals surface area contributed by atoms with Gasteiger partial charge < -0.3 is 9.84 Å². The zero-order valence-corrected chi connectivity index (χ0v) is 9.78. The molecular formula is C13H16O3. The molecule has 0 heterocycles. The van der Waals surface area contributed by atoms with Gasteiger partial charge in [-0.25, -0.2) is 4.79 Å². The van der Waals surface area contributed by atoms with Crippen molar-refractivity contribution < 1.29 is 14.6 Å². The van der Waals surface area contributed by atoms with Crippen LogP contribution in [0.2, 0.25) is 0 Å². The molecule has 0 fully saturated rings. The minimum absolute atomic E-state index is 0.0520. The predicted molar refractivity (Wildman–Crippen MR) is 62.0 cm³/mol. The molecule has 0 aliphatic rings. The topological polar surface area (TPSA) is 46.5 Å². The minimum atomic E-state index is -1.01. The number of benzene rings is 1. The lowest BCUT2D eigenvalue weighted by atomic mass is 9.96. The first-order valence-electron chi connectivity index (χ1n) is 4.99. The van der Waals surface area contributed by atoms with E-state index >= 15 is 0 Å². The van der Waals surface area contributed by atoms with Crippen LogP contribution >= 0.6 is 0 Å². The maximum absolute atomic E-state index is 11.2. The van der Waals surface area contributed by atoms with Crippen LogP contribution in [0.4, 0.5) is 0 Å². The van der Waals surface area contributed by atoms with E-state index in [9.17, 15) is 9.90 Å². The van der Waals surface area contributed by atoms with Crippen LogP contribution in [0.5, 0.6) is 0 Å². The molecule has 0 aliphatic heterocycles. The Morgan fingerprint density at radius 1 is 1.44 bits per heavy atom. The van der Waals surface area contributed by atoms with Gasteiger partial charge in [-0.05, 0) is 25.0 Å². The van der Waals surface area contributed by atoms with E-state index < -0.39 is 12.1 Å². The largest absolute Gasteiger partial charge is 0.466 e. The number of aliphatic hydroxyl groups excluding tert-OH is 1. The van der Waals surface area contributed by atoms with E-state index in [0.29, 0.717) is 5.56 Å². The molecule has 0 aromatic heterocycles. The van der Waals surface area contributed by atoms with Gasteiger partial charge in [-0.3, -0.25) is 0 Å². The van der Waals surface area contributed by atoms with E-state index in [2.05, 4.69) is 11.3 Å². The highest BCUT2D eigenvalue weighted by atomic mass is 16.5. The van der Waals surface area contributed by atoms with Crippen LogP contribution in [0, 0.1) is 13.8 Å². The number of aliphatic hydroxyl groups is 1. The van der Waals surface area contributed by atoms with E-state index in [4.69, 9.17) is 0 Å². The number of hydrogen-bond donors (Lipinski definition) is 1. The van der Waals surface area contributed by atoms with Crippen LogP contribution in [0.15, 0.2) is 30.4 Å². The highest BCUT2D eigenvalue weighted by Gasteiger charge is 2.20. The summed E-state index contributed by atoms with van der Waals surface area (Å²) in [6.07, 6.45) is -1.01. The van der Waals surface area contributed by atoms with Crippen molar-refractivity contribution in [2.75, 3.05) is 7.11 Å². The van der Waals surface area contributed by atoms with Crippen molar-refractivity contribution >= 4 is 5.97 Å². The van der Waals surface area contributed by atoms with Gasteiger partial charge in [0.05, 0.1) is 12.7 Å². The molecule has 1 unspecified atom stereocenters. The molecule has 1 aromatic carbocycles. The van der Waals surface area contributed by atoms with E-state index in [1.807, 2.05) is 32.0 Å². The molecule has 1 N–H and O–H groups in total. The van der Waals surface area contributed by atoms with Gasteiger partial charge in [0, 0.05) is 0 Å². The molecule has 3 heteroatoms. The molecule has 3 nitrogen and oxygen atoms in total. The molecule has 0 saturated carbocycles. The Balaban J connectivity index is 3.04. The quantitative estimate of drug-likeness (QED) is 0.626. The average Bonchev–Trinajstić information content (AvgIpc) is 2.29. The van der Waals surface area contributed by atoms with Crippen molar-refractivity contribution in [2.24, 2.45) is 0 Å². The molecule has 86 valence electrons. The second-order valence-corrected chi connectivity index (χ2v) is 3.78. The molecule has 0 bridgehead atoms. The molecule has 0 radical (unpaired) electrons. The van der Waals surface area contributed by atoms with E-state index in [1.165, 1.54) is 7.11 Å². The van der Waals surface area contributed by atoms with E-state index in [0.717, 1.165) is 11.1 Å². The van der Waals surface area contributed by atoms with Crippen LogP contribution in [0.1, 0.15) is 22.8 Å². The van der Waals surface area contributed by atoms with Gasteiger partial charge in [0.25, 0.3) is 0 Å². The van der Waals surface area contributed by atoms with Gasteiger partial charge in [0.1, 0.15) is 6.10 Å². The molecule has 1 atom stereocenters. The Labute approximate surface area is 95.4 Å². The normalized spacial score (nSPS) is 12.0. The Bertz CT molecular complexity index is 421. The molecule has 0 aliphatic carbocycles. The number of ether oxygens (including phenoxy) is 1. The van der Waals surface area contributed by atoms with Crippen molar-refractivity contribution in [2.45, 2.75) is 20.0 Å². The van der Waals surface area contributed by atoms with Crippen molar-refractivity contribution in [3.63, 3.8) is 0 Å². The van der Waals surface area contributed by atoms with Gasteiger partial charge in [0.2, 0.25) is 0 Å². The third kappa shape index (κ3) is 2.49. The zero-order valence-electron chi connectivity index (χ0n) is 9.78. The number of hydrogen-bond acceptors (Lipinski definition) is 3. The third-order valence-electron chi connectivity index (χ3n) is 2.51. The average molecular weight is 220 g/mol. The lowest BCUT2D eigenvalue weighted by molar-refractivity contribution is -0.137. The zero-order chi connectivity index (χ0) is 12.3. The summed E-state index contributed by atoms with van der Waals surface area (Å²) in [5.41, 5.74) is 2.69. The molecular weight excluding hydrogens is 204 g/mol. The Morgan fingerprint density at radius 2 is 2.06 bits per heavy atom. The number of methoxy groups -OCH3 is 1. The van der Waals surface area contributed by atoms with Crippen molar-refractivity contribution in [3.05, 3.63) is 47.0 Å². The van der Waals surface area contributed by atoms with Crippen molar-refractivity contribution in [1.82, 2.24) is 0 Å². The second kappa shape index (κ2) is 4.94. The molecule has 0 saturated heterocycles. The van der Waals surface area contributed by atoms with E-state index in [1.54, 1.807) is 0 Å². The Hall–Kier alpha value is -1.61. The summed E-state index contributed by atoms with van der Waals surface area (Å²) >= 11 is 0. The van der Waals surface area contributed by atoms with E-state index in [-0.39, 0.29) is 5.57 Å². The minimum Gasteiger partial charge on any atom is -0.466 e. The summed E-state index contributed by atoms with van der Waals surface area (Å²) in [5, 5.41) is 10.00. The van der Waals surface area contributed by atoms with Crippen LogP contribution in [0.25, 0.3) is 0 Å². The van der Waals surface area contributed by atoms with Gasteiger partial charge in [0.15, 0.2) is 0 Å². The fourth-order valence-electron chi connectivity index (χ4n) is 1.48. The summed E-state index contributed by atoms with van der Waals surface area (Å²) in [6.45, 7) is 7.35. The first-order valence-corrected chi connectivity index (χ1v) is 4.99.